The van der Waals surface area contributed by atoms with E-state index in [0.29, 0.717) is 4.47 Å². The SMILES string of the molecule is O=C(/C(=C\c1ccc([N+](=O)[O-])c(O)c1)Sc1c(F)c(F)c(F)c(F)c1F)c1ccc(Br)cc1. The predicted molar refractivity (Wildman–Crippen MR) is 113 cm³/mol. The summed E-state index contributed by atoms with van der Waals surface area (Å²) in [6.45, 7) is 0. The Morgan fingerprint density at radius 1 is 0.939 bits per heavy atom. The molecule has 0 aliphatic rings. The first-order valence-corrected chi connectivity index (χ1v) is 10.3. The van der Waals surface area contributed by atoms with Crippen molar-refractivity contribution in [3.63, 3.8) is 0 Å². The molecule has 170 valence electrons. The number of thioether (sulfide) groups is 1. The van der Waals surface area contributed by atoms with Gasteiger partial charge in [0, 0.05) is 16.1 Å². The lowest BCUT2D eigenvalue weighted by Gasteiger charge is -2.11. The van der Waals surface area contributed by atoms with Crippen LogP contribution in [0.15, 0.2) is 56.7 Å². The average Bonchev–Trinajstić information content (AvgIpc) is 2.78. The molecule has 0 aromatic heterocycles. The molecule has 0 atom stereocenters. The summed E-state index contributed by atoms with van der Waals surface area (Å²) < 4.78 is 69.7. The number of benzene rings is 3. The van der Waals surface area contributed by atoms with Gasteiger partial charge in [-0.2, -0.15) is 0 Å². The summed E-state index contributed by atoms with van der Waals surface area (Å²) in [6, 6.07) is 8.65. The standard InChI is InChI=1S/C21H9BrF5NO4S/c22-11-4-2-10(3-5-11)20(30)14(8-9-1-6-12(28(31)32)13(29)7-9)33-21-18(26)16(24)15(23)17(25)19(21)27/h1-8,29H/b14-8+. The molecular formula is C21H9BrF5NO4S. The number of ketones is 1. The zero-order chi connectivity index (χ0) is 24.4. The Morgan fingerprint density at radius 3 is 2.00 bits per heavy atom. The van der Waals surface area contributed by atoms with E-state index >= 15 is 0 Å². The number of carbonyl (C=O) groups excluding carboxylic acids is 1. The van der Waals surface area contributed by atoms with Crippen molar-refractivity contribution in [2.24, 2.45) is 0 Å². The van der Waals surface area contributed by atoms with E-state index in [1.54, 1.807) is 0 Å². The van der Waals surface area contributed by atoms with Crippen LogP contribution in [0.4, 0.5) is 27.6 Å². The molecule has 0 unspecified atom stereocenters. The molecule has 0 aliphatic heterocycles. The van der Waals surface area contributed by atoms with Crippen LogP contribution in [0.3, 0.4) is 0 Å². The number of nitrogens with zero attached hydrogens (tertiary/aromatic N) is 1. The number of nitro groups is 1. The van der Waals surface area contributed by atoms with E-state index in [-0.39, 0.29) is 22.9 Å². The molecule has 12 heteroatoms. The van der Waals surface area contributed by atoms with E-state index in [0.717, 1.165) is 24.3 Å². The first-order chi connectivity index (χ1) is 15.5. The third-order valence-corrected chi connectivity index (χ3v) is 5.82. The number of carbonyl (C=O) groups is 1. The number of aromatic hydroxyl groups is 1. The Balaban J connectivity index is 2.16. The molecule has 0 amide bonds. The highest BCUT2D eigenvalue weighted by Gasteiger charge is 2.28. The predicted octanol–water partition coefficient (Wildman–Crippen LogP) is 6.77. The van der Waals surface area contributed by atoms with Crippen LogP contribution < -0.4 is 0 Å². The van der Waals surface area contributed by atoms with Gasteiger partial charge in [0.05, 0.1) is 14.7 Å². The van der Waals surface area contributed by atoms with E-state index in [1.807, 2.05) is 0 Å². The van der Waals surface area contributed by atoms with Crippen LogP contribution >= 0.6 is 27.7 Å². The summed E-state index contributed by atoms with van der Waals surface area (Å²) in [4.78, 5) is 21.2. The van der Waals surface area contributed by atoms with E-state index in [1.165, 1.54) is 24.3 Å². The van der Waals surface area contributed by atoms with Gasteiger partial charge in [-0.1, -0.05) is 27.7 Å². The molecule has 0 radical (unpaired) electrons. The lowest BCUT2D eigenvalue weighted by molar-refractivity contribution is -0.385. The van der Waals surface area contributed by atoms with Crippen LogP contribution in [0.5, 0.6) is 5.75 Å². The van der Waals surface area contributed by atoms with Gasteiger partial charge in [0.25, 0.3) is 0 Å². The minimum atomic E-state index is -2.35. The van der Waals surface area contributed by atoms with Crippen molar-refractivity contribution < 1.29 is 36.8 Å². The molecule has 5 nitrogen and oxygen atoms in total. The molecule has 0 fully saturated rings. The van der Waals surface area contributed by atoms with Gasteiger partial charge >= 0.3 is 5.69 Å². The Hall–Kier alpha value is -3.25. The quantitative estimate of drug-likeness (QED) is 0.0540. The van der Waals surface area contributed by atoms with Crippen LogP contribution in [-0.2, 0) is 0 Å². The van der Waals surface area contributed by atoms with Crippen molar-refractivity contribution >= 4 is 45.2 Å². The average molecular weight is 546 g/mol. The van der Waals surface area contributed by atoms with E-state index < -0.39 is 61.0 Å². The summed E-state index contributed by atoms with van der Waals surface area (Å²) >= 11 is 3.16. The molecule has 0 aliphatic carbocycles. The van der Waals surface area contributed by atoms with Crippen molar-refractivity contribution in [2.75, 3.05) is 0 Å². The maximum absolute atomic E-state index is 14.2. The van der Waals surface area contributed by atoms with Crippen molar-refractivity contribution in [3.05, 3.63) is 102 Å². The highest BCUT2D eigenvalue weighted by Crippen LogP contribution is 2.38. The third kappa shape index (κ3) is 5.06. The van der Waals surface area contributed by atoms with E-state index in [9.17, 15) is 42.0 Å². The molecule has 0 heterocycles. The minimum absolute atomic E-state index is 0.00469. The minimum Gasteiger partial charge on any atom is -0.502 e. The normalized spacial score (nSPS) is 11.5. The van der Waals surface area contributed by atoms with Gasteiger partial charge in [-0.15, -0.1) is 0 Å². The number of Topliss-reactive ketones (excluding diaryl/α,β-unsaturated/α-hetero) is 1. The van der Waals surface area contributed by atoms with E-state index in [4.69, 9.17) is 0 Å². The molecule has 1 N–H and O–H groups in total. The number of hydrogen-bond donors (Lipinski definition) is 1. The van der Waals surface area contributed by atoms with Crippen molar-refractivity contribution in [3.8, 4) is 5.75 Å². The highest BCUT2D eigenvalue weighted by molar-refractivity contribution is 9.10. The molecule has 33 heavy (non-hydrogen) atoms. The smallest absolute Gasteiger partial charge is 0.310 e. The largest absolute Gasteiger partial charge is 0.502 e. The summed E-state index contributed by atoms with van der Waals surface area (Å²) in [5, 5.41) is 20.7. The Kier molecular flexibility index (Phi) is 7.18. The lowest BCUT2D eigenvalue weighted by Crippen LogP contribution is -2.06. The molecule has 3 rings (SSSR count). The Morgan fingerprint density at radius 2 is 1.48 bits per heavy atom. The van der Waals surface area contributed by atoms with Crippen molar-refractivity contribution in [1.82, 2.24) is 0 Å². The number of phenolic OH excluding ortho intramolecular Hbond substituents is 1. The van der Waals surface area contributed by atoms with Crippen LogP contribution in [0.2, 0.25) is 0 Å². The maximum atomic E-state index is 14.2. The molecule has 3 aromatic carbocycles. The fourth-order valence-electron chi connectivity index (χ4n) is 2.61. The topological polar surface area (TPSA) is 80.4 Å². The number of hydrogen-bond acceptors (Lipinski definition) is 5. The number of allylic oxidation sites excluding steroid dienone is 1. The first kappa shape index (κ1) is 24.4. The zero-order valence-corrected chi connectivity index (χ0v) is 18.3. The summed E-state index contributed by atoms with van der Waals surface area (Å²) in [7, 11) is 0. The van der Waals surface area contributed by atoms with Crippen LogP contribution in [0, 0.1) is 39.2 Å². The molecule has 0 spiro atoms. The summed E-state index contributed by atoms with van der Waals surface area (Å²) in [6.07, 6.45) is 0.997. The number of phenols is 1. The monoisotopic (exact) mass is 545 g/mol. The number of halogens is 6. The highest BCUT2D eigenvalue weighted by atomic mass is 79.9. The molecule has 0 saturated heterocycles. The molecular weight excluding hydrogens is 537 g/mol. The second kappa shape index (κ2) is 9.71. The number of nitro benzene ring substituents is 1. The van der Waals surface area contributed by atoms with Gasteiger partial charge in [-0.25, -0.2) is 22.0 Å². The van der Waals surface area contributed by atoms with Gasteiger partial charge in [0.1, 0.15) is 0 Å². The van der Waals surface area contributed by atoms with Gasteiger partial charge in [-0.3, -0.25) is 14.9 Å². The Labute approximate surface area is 194 Å². The third-order valence-electron chi connectivity index (χ3n) is 4.21. The number of rotatable bonds is 6. The lowest BCUT2D eigenvalue weighted by atomic mass is 10.1. The molecule has 0 bridgehead atoms. The maximum Gasteiger partial charge on any atom is 0.310 e. The second-order valence-electron chi connectivity index (χ2n) is 6.35. The van der Waals surface area contributed by atoms with Crippen molar-refractivity contribution in [2.45, 2.75) is 4.90 Å². The van der Waals surface area contributed by atoms with Gasteiger partial charge < -0.3 is 5.11 Å². The van der Waals surface area contributed by atoms with Gasteiger partial charge in [0.15, 0.2) is 34.8 Å². The van der Waals surface area contributed by atoms with Gasteiger partial charge in [0.2, 0.25) is 5.82 Å². The summed E-state index contributed by atoms with van der Waals surface area (Å²) in [5.41, 5.74) is -0.623. The van der Waals surface area contributed by atoms with Crippen LogP contribution in [0.25, 0.3) is 6.08 Å². The van der Waals surface area contributed by atoms with Crippen molar-refractivity contribution in [1.29, 1.82) is 0 Å². The fourth-order valence-corrected chi connectivity index (χ4v) is 3.85. The second-order valence-corrected chi connectivity index (χ2v) is 8.32. The fraction of sp³-hybridized carbons (Fsp3) is 0. The van der Waals surface area contributed by atoms with Crippen LogP contribution in [-0.4, -0.2) is 15.8 Å². The van der Waals surface area contributed by atoms with Gasteiger partial charge in [-0.05, 0) is 48.0 Å². The molecule has 3 aromatic rings. The molecule has 0 saturated carbocycles. The zero-order valence-electron chi connectivity index (χ0n) is 15.9. The Bertz CT molecular complexity index is 1290. The van der Waals surface area contributed by atoms with E-state index in [2.05, 4.69) is 15.9 Å². The first-order valence-electron chi connectivity index (χ1n) is 8.70. The summed E-state index contributed by atoms with van der Waals surface area (Å²) in [5.74, 6) is -12.6. The van der Waals surface area contributed by atoms with Crippen LogP contribution in [0.1, 0.15) is 15.9 Å².